The summed E-state index contributed by atoms with van der Waals surface area (Å²) in [5.41, 5.74) is 1.55. The lowest BCUT2D eigenvalue weighted by atomic mass is 10.1. The zero-order chi connectivity index (χ0) is 16.2. The van der Waals surface area contributed by atoms with Crippen LogP contribution in [-0.2, 0) is 0 Å². The third kappa shape index (κ3) is 3.40. The minimum Gasteiger partial charge on any atom is -0.508 e. The number of phenols is 1. The Morgan fingerprint density at radius 3 is 2.65 bits per heavy atom. The highest BCUT2D eigenvalue weighted by molar-refractivity contribution is 9.09. The Balaban J connectivity index is 1.98. The van der Waals surface area contributed by atoms with Gasteiger partial charge in [-0.25, -0.2) is 0 Å². The van der Waals surface area contributed by atoms with E-state index >= 15 is 0 Å². The molecule has 0 fully saturated rings. The van der Waals surface area contributed by atoms with Gasteiger partial charge < -0.3 is 14.3 Å². The van der Waals surface area contributed by atoms with Crippen molar-refractivity contribution in [3.8, 4) is 22.6 Å². The van der Waals surface area contributed by atoms with Crippen LogP contribution < -0.4 is 10.2 Å². The molecule has 0 saturated carbocycles. The summed E-state index contributed by atoms with van der Waals surface area (Å²) >= 11 is 3.35. The maximum Gasteiger partial charge on any atom is 0.200 e. The van der Waals surface area contributed by atoms with Crippen molar-refractivity contribution in [1.29, 1.82) is 0 Å². The number of hydrogen-bond acceptors (Lipinski definition) is 4. The van der Waals surface area contributed by atoms with Gasteiger partial charge in [0.25, 0.3) is 0 Å². The lowest BCUT2D eigenvalue weighted by Gasteiger charge is -2.07. The van der Waals surface area contributed by atoms with Crippen molar-refractivity contribution in [2.75, 3.05) is 11.9 Å². The Labute approximate surface area is 141 Å². The van der Waals surface area contributed by atoms with E-state index in [2.05, 4.69) is 15.9 Å². The molecule has 0 radical (unpaired) electrons. The smallest absolute Gasteiger partial charge is 0.200 e. The molecule has 0 amide bonds. The van der Waals surface area contributed by atoms with E-state index in [1.54, 1.807) is 42.5 Å². The monoisotopic (exact) mass is 374 g/mol. The summed E-state index contributed by atoms with van der Waals surface area (Å²) in [6.45, 7) is 0.604. The average molecular weight is 375 g/mol. The van der Waals surface area contributed by atoms with E-state index in [-0.39, 0.29) is 11.2 Å². The number of aromatic hydroxyl groups is 1. The zero-order valence-corrected chi connectivity index (χ0v) is 13.9. The number of halogens is 1. The zero-order valence-electron chi connectivity index (χ0n) is 12.3. The highest BCUT2D eigenvalue weighted by Crippen LogP contribution is 2.24. The Kier molecular flexibility index (Phi) is 4.67. The Morgan fingerprint density at radius 1 is 1.13 bits per heavy atom. The van der Waals surface area contributed by atoms with E-state index in [9.17, 15) is 9.90 Å². The first-order valence-electron chi connectivity index (χ1n) is 7.23. The molecule has 2 aromatic carbocycles. The quantitative estimate of drug-likeness (QED) is 0.533. The van der Waals surface area contributed by atoms with E-state index in [0.717, 1.165) is 11.8 Å². The van der Waals surface area contributed by atoms with E-state index < -0.39 is 0 Å². The average Bonchev–Trinajstić information content (AvgIpc) is 2.56. The Morgan fingerprint density at radius 2 is 1.91 bits per heavy atom. The number of hydrogen-bond donors (Lipinski definition) is 1. The van der Waals surface area contributed by atoms with Crippen molar-refractivity contribution in [2.24, 2.45) is 0 Å². The lowest BCUT2D eigenvalue weighted by molar-refractivity contribution is 0.319. The van der Waals surface area contributed by atoms with Gasteiger partial charge in [0, 0.05) is 11.4 Å². The molecule has 1 N–H and O–H groups in total. The van der Waals surface area contributed by atoms with Crippen LogP contribution in [0.25, 0.3) is 22.1 Å². The van der Waals surface area contributed by atoms with Gasteiger partial charge in [-0.3, -0.25) is 4.79 Å². The first-order chi connectivity index (χ1) is 11.2. The van der Waals surface area contributed by atoms with Crippen LogP contribution in [0.4, 0.5) is 0 Å². The Bertz CT molecular complexity index is 868. The molecule has 3 rings (SSSR count). The molecule has 0 unspecified atom stereocenters. The van der Waals surface area contributed by atoms with Crippen LogP contribution in [0, 0.1) is 0 Å². The molecule has 3 aromatic rings. The molecule has 1 aromatic heterocycles. The van der Waals surface area contributed by atoms with E-state index in [1.807, 2.05) is 0 Å². The summed E-state index contributed by atoms with van der Waals surface area (Å²) in [5.74, 6) is 0.836. The number of rotatable bonds is 5. The van der Waals surface area contributed by atoms with E-state index in [0.29, 0.717) is 34.5 Å². The fourth-order valence-corrected chi connectivity index (χ4v) is 2.51. The molecule has 0 atom stereocenters. The summed E-state index contributed by atoms with van der Waals surface area (Å²) in [7, 11) is 0. The molecular formula is C18H15BrO4. The number of alkyl halides is 1. The van der Waals surface area contributed by atoms with Gasteiger partial charge in [-0.05, 0) is 36.2 Å². The van der Waals surface area contributed by atoms with Gasteiger partial charge in [-0.2, -0.15) is 0 Å². The van der Waals surface area contributed by atoms with Gasteiger partial charge in [-0.1, -0.05) is 28.1 Å². The molecule has 4 nitrogen and oxygen atoms in total. The first-order valence-corrected chi connectivity index (χ1v) is 8.35. The fraction of sp³-hybridized carbons (Fsp3) is 0.167. The van der Waals surface area contributed by atoms with Crippen molar-refractivity contribution in [1.82, 2.24) is 0 Å². The number of ether oxygens (including phenoxy) is 1. The third-order valence-corrected chi connectivity index (χ3v) is 4.03. The van der Waals surface area contributed by atoms with Crippen LogP contribution in [0.3, 0.4) is 0 Å². The van der Waals surface area contributed by atoms with Crippen LogP contribution in [0.15, 0.2) is 57.9 Å². The topological polar surface area (TPSA) is 59.7 Å². The van der Waals surface area contributed by atoms with Crippen molar-refractivity contribution < 1.29 is 14.3 Å². The molecule has 0 bridgehead atoms. The molecule has 0 aliphatic heterocycles. The molecule has 1 heterocycles. The Hall–Kier alpha value is -2.27. The minimum absolute atomic E-state index is 0.107. The van der Waals surface area contributed by atoms with Crippen molar-refractivity contribution in [2.45, 2.75) is 6.42 Å². The lowest BCUT2D eigenvalue weighted by Crippen LogP contribution is -2.05. The molecular weight excluding hydrogens is 360 g/mol. The second-order valence-electron chi connectivity index (χ2n) is 5.07. The predicted molar refractivity (Wildman–Crippen MR) is 93.5 cm³/mol. The van der Waals surface area contributed by atoms with Crippen LogP contribution >= 0.6 is 15.9 Å². The van der Waals surface area contributed by atoms with Crippen molar-refractivity contribution in [3.63, 3.8) is 0 Å². The largest absolute Gasteiger partial charge is 0.508 e. The maximum absolute atomic E-state index is 12.6. The maximum atomic E-state index is 12.6. The molecule has 0 aliphatic rings. The fourth-order valence-electron chi connectivity index (χ4n) is 2.28. The van der Waals surface area contributed by atoms with Crippen LogP contribution in [-0.4, -0.2) is 17.0 Å². The highest BCUT2D eigenvalue weighted by Gasteiger charge is 2.10. The van der Waals surface area contributed by atoms with Gasteiger partial charge in [0.05, 0.1) is 17.6 Å². The second-order valence-corrected chi connectivity index (χ2v) is 5.87. The minimum atomic E-state index is -0.107. The molecule has 5 heteroatoms. The van der Waals surface area contributed by atoms with Crippen LogP contribution in [0.2, 0.25) is 0 Å². The van der Waals surface area contributed by atoms with Crippen LogP contribution in [0.1, 0.15) is 6.42 Å². The summed E-state index contributed by atoms with van der Waals surface area (Å²) in [5, 5.41) is 10.7. The first kappa shape index (κ1) is 15.6. The highest BCUT2D eigenvalue weighted by atomic mass is 79.9. The SMILES string of the molecule is O=c1c(-c2ccc(O)cc2)coc2cc(OCCCBr)ccc12. The summed E-state index contributed by atoms with van der Waals surface area (Å²) < 4.78 is 11.2. The van der Waals surface area contributed by atoms with Gasteiger partial charge >= 0.3 is 0 Å². The summed E-state index contributed by atoms with van der Waals surface area (Å²) in [6.07, 6.45) is 2.35. The molecule has 23 heavy (non-hydrogen) atoms. The number of phenolic OH excluding ortho intramolecular Hbond substituents is 1. The van der Waals surface area contributed by atoms with Crippen molar-refractivity contribution >= 4 is 26.9 Å². The summed E-state index contributed by atoms with van der Waals surface area (Å²) in [4.78, 5) is 12.6. The van der Waals surface area contributed by atoms with Crippen molar-refractivity contribution in [3.05, 3.63) is 59.0 Å². The molecule has 0 saturated heterocycles. The van der Waals surface area contributed by atoms with E-state index in [4.69, 9.17) is 9.15 Å². The van der Waals surface area contributed by atoms with Gasteiger partial charge in [0.1, 0.15) is 23.3 Å². The summed E-state index contributed by atoms with van der Waals surface area (Å²) in [6, 6.07) is 11.7. The number of benzene rings is 2. The van der Waals surface area contributed by atoms with Gasteiger partial charge in [-0.15, -0.1) is 0 Å². The van der Waals surface area contributed by atoms with Crippen LogP contribution in [0.5, 0.6) is 11.5 Å². The molecule has 118 valence electrons. The third-order valence-electron chi connectivity index (χ3n) is 3.47. The standard InChI is InChI=1S/C18H15BrO4/c19-8-1-9-22-14-6-7-15-17(10-14)23-11-16(18(15)21)12-2-4-13(20)5-3-12/h2-7,10-11,20H,1,8-9H2. The second kappa shape index (κ2) is 6.87. The van der Waals surface area contributed by atoms with Gasteiger partial charge in [0.2, 0.25) is 0 Å². The van der Waals surface area contributed by atoms with E-state index in [1.165, 1.54) is 6.26 Å². The molecule has 0 spiro atoms. The molecule has 0 aliphatic carbocycles. The normalized spacial score (nSPS) is 10.8. The number of fused-ring (bicyclic) bond motifs is 1. The predicted octanol–water partition coefficient (Wildman–Crippen LogP) is 4.33. The van der Waals surface area contributed by atoms with Gasteiger partial charge in [0.15, 0.2) is 5.43 Å².